The number of H-pyrrole nitrogens is 1. The molecule has 2 atom stereocenters. The summed E-state index contributed by atoms with van der Waals surface area (Å²) in [6.07, 6.45) is 3.97. The van der Waals surface area contributed by atoms with Crippen molar-refractivity contribution >= 4 is 32.8 Å². The van der Waals surface area contributed by atoms with Gasteiger partial charge in [-0.3, -0.25) is 0 Å². The van der Waals surface area contributed by atoms with Crippen molar-refractivity contribution in [2.75, 3.05) is 25.5 Å². The Kier molecular flexibility index (Phi) is 3.64. The van der Waals surface area contributed by atoms with Gasteiger partial charge in [-0.15, -0.1) is 0 Å². The van der Waals surface area contributed by atoms with Crippen molar-refractivity contribution in [3.05, 3.63) is 24.5 Å². The number of rotatable bonds is 2. The second kappa shape index (κ2) is 5.52. The van der Waals surface area contributed by atoms with Gasteiger partial charge in [0.2, 0.25) is 10.0 Å². The van der Waals surface area contributed by atoms with Crippen LogP contribution < -0.4 is 0 Å². The SMILES string of the molecule is O=S(=O)(c1c[nH]c2ncccc12)N1CCS[C@H]2COCC[C@@H]21. The Hall–Kier alpha value is -1.09. The van der Waals surface area contributed by atoms with E-state index in [4.69, 9.17) is 4.74 Å². The van der Waals surface area contributed by atoms with E-state index in [1.54, 1.807) is 28.8 Å². The number of aromatic amines is 1. The van der Waals surface area contributed by atoms with Gasteiger partial charge in [0.15, 0.2) is 0 Å². The van der Waals surface area contributed by atoms with Crippen molar-refractivity contribution < 1.29 is 13.2 Å². The molecule has 22 heavy (non-hydrogen) atoms. The molecular formula is C14H17N3O3S2. The molecule has 0 aliphatic carbocycles. The Balaban J connectivity index is 1.76. The first-order valence-corrected chi connectivity index (χ1v) is 9.80. The lowest BCUT2D eigenvalue weighted by molar-refractivity contribution is 0.0625. The molecule has 118 valence electrons. The van der Waals surface area contributed by atoms with E-state index < -0.39 is 10.0 Å². The van der Waals surface area contributed by atoms with Gasteiger partial charge in [-0.1, -0.05) is 0 Å². The van der Waals surface area contributed by atoms with E-state index in [2.05, 4.69) is 9.97 Å². The fourth-order valence-electron chi connectivity index (χ4n) is 3.22. The van der Waals surface area contributed by atoms with Crippen LogP contribution >= 0.6 is 11.8 Å². The van der Waals surface area contributed by atoms with Gasteiger partial charge in [-0.2, -0.15) is 16.1 Å². The monoisotopic (exact) mass is 339 g/mol. The number of hydrogen-bond donors (Lipinski definition) is 1. The third kappa shape index (κ3) is 2.25. The number of nitrogens with zero attached hydrogens (tertiary/aromatic N) is 2. The van der Waals surface area contributed by atoms with Gasteiger partial charge in [0.05, 0.1) is 6.61 Å². The summed E-state index contributed by atoms with van der Waals surface area (Å²) in [7, 11) is -3.52. The fraction of sp³-hybridized carbons (Fsp3) is 0.500. The van der Waals surface area contributed by atoms with Gasteiger partial charge in [0.1, 0.15) is 10.5 Å². The summed E-state index contributed by atoms with van der Waals surface area (Å²) in [5, 5.41) is 0.893. The number of aromatic nitrogens is 2. The van der Waals surface area contributed by atoms with E-state index in [1.165, 1.54) is 0 Å². The average Bonchev–Trinajstić information content (AvgIpc) is 2.99. The quantitative estimate of drug-likeness (QED) is 0.896. The van der Waals surface area contributed by atoms with Gasteiger partial charge in [-0.05, 0) is 18.6 Å². The minimum Gasteiger partial charge on any atom is -0.380 e. The second-order valence-corrected chi connectivity index (χ2v) is 8.71. The van der Waals surface area contributed by atoms with Gasteiger partial charge in [-0.25, -0.2) is 13.4 Å². The fourth-order valence-corrected chi connectivity index (χ4v) is 6.56. The summed E-state index contributed by atoms with van der Waals surface area (Å²) in [6.45, 7) is 1.82. The third-order valence-electron chi connectivity index (χ3n) is 4.28. The Morgan fingerprint density at radius 3 is 3.27 bits per heavy atom. The van der Waals surface area contributed by atoms with E-state index in [0.29, 0.717) is 35.7 Å². The highest BCUT2D eigenvalue weighted by Gasteiger charge is 2.41. The summed E-state index contributed by atoms with van der Waals surface area (Å²) in [4.78, 5) is 7.46. The first-order valence-electron chi connectivity index (χ1n) is 7.31. The lowest BCUT2D eigenvalue weighted by atomic mass is 10.1. The van der Waals surface area contributed by atoms with Crippen LogP contribution in [0.5, 0.6) is 0 Å². The zero-order chi connectivity index (χ0) is 15.2. The molecule has 0 spiro atoms. The Morgan fingerprint density at radius 2 is 2.36 bits per heavy atom. The average molecular weight is 339 g/mol. The molecule has 0 bridgehead atoms. The molecule has 2 fully saturated rings. The molecule has 8 heteroatoms. The van der Waals surface area contributed by atoms with Crippen LogP contribution in [0.2, 0.25) is 0 Å². The van der Waals surface area contributed by atoms with Crippen molar-refractivity contribution in [3.8, 4) is 0 Å². The lowest BCUT2D eigenvalue weighted by Gasteiger charge is -2.42. The minimum atomic E-state index is -3.52. The summed E-state index contributed by atoms with van der Waals surface area (Å²) < 4.78 is 33.5. The van der Waals surface area contributed by atoms with Crippen LogP contribution in [0.4, 0.5) is 0 Å². The van der Waals surface area contributed by atoms with E-state index in [1.807, 2.05) is 11.8 Å². The molecule has 0 aromatic carbocycles. The predicted octanol–water partition coefficient (Wildman–Crippen LogP) is 1.46. The normalized spacial score (nSPS) is 26.9. The van der Waals surface area contributed by atoms with Crippen LogP contribution in [0.3, 0.4) is 0 Å². The molecule has 4 heterocycles. The predicted molar refractivity (Wildman–Crippen MR) is 85.5 cm³/mol. The van der Waals surface area contributed by atoms with Crippen molar-refractivity contribution in [2.24, 2.45) is 0 Å². The summed E-state index contributed by atoms with van der Waals surface area (Å²) in [5.41, 5.74) is 0.607. The summed E-state index contributed by atoms with van der Waals surface area (Å²) in [6, 6.07) is 3.59. The van der Waals surface area contributed by atoms with Crippen LogP contribution in [0, 0.1) is 0 Å². The molecule has 2 aromatic heterocycles. The maximum atomic E-state index is 13.1. The Bertz CT molecular complexity index is 787. The topological polar surface area (TPSA) is 75.3 Å². The zero-order valence-corrected chi connectivity index (χ0v) is 13.6. The molecule has 0 radical (unpaired) electrons. The molecular weight excluding hydrogens is 322 g/mol. The van der Waals surface area contributed by atoms with Crippen molar-refractivity contribution in [1.29, 1.82) is 0 Å². The Labute approximate surface area is 133 Å². The smallest absolute Gasteiger partial charge is 0.245 e. The second-order valence-electron chi connectivity index (χ2n) is 5.51. The summed E-state index contributed by atoms with van der Waals surface area (Å²) >= 11 is 1.82. The van der Waals surface area contributed by atoms with Crippen LogP contribution in [0.1, 0.15) is 6.42 Å². The maximum Gasteiger partial charge on any atom is 0.245 e. The summed E-state index contributed by atoms with van der Waals surface area (Å²) in [5.74, 6) is 0.810. The molecule has 2 aromatic rings. The van der Waals surface area contributed by atoms with Gasteiger partial charge >= 0.3 is 0 Å². The molecule has 2 aliphatic heterocycles. The van der Waals surface area contributed by atoms with Crippen molar-refractivity contribution in [3.63, 3.8) is 0 Å². The first kappa shape index (κ1) is 14.5. The molecule has 6 nitrogen and oxygen atoms in total. The van der Waals surface area contributed by atoms with Gasteiger partial charge < -0.3 is 9.72 Å². The number of nitrogens with one attached hydrogen (secondary N) is 1. The van der Waals surface area contributed by atoms with E-state index in [-0.39, 0.29) is 11.3 Å². The van der Waals surface area contributed by atoms with Crippen molar-refractivity contribution in [2.45, 2.75) is 22.6 Å². The van der Waals surface area contributed by atoms with Gasteiger partial charge in [0, 0.05) is 48.0 Å². The van der Waals surface area contributed by atoms with E-state index >= 15 is 0 Å². The largest absolute Gasteiger partial charge is 0.380 e. The molecule has 2 saturated heterocycles. The molecule has 4 rings (SSSR count). The minimum absolute atomic E-state index is 0.0270. The van der Waals surface area contributed by atoms with Crippen LogP contribution in [-0.2, 0) is 14.8 Å². The van der Waals surface area contributed by atoms with E-state index in [9.17, 15) is 8.42 Å². The number of fused-ring (bicyclic) bond motifs is 2. The molecule has 2 aliphatic rings. The number of sulfonamides is 1. The maximum absolute atomic E-state index is 13.1. The molecule has 0 unspecified atom stereocenters. The highest BCUT2D eigenvalue weighted by Crippen LogP contribution is 2.35. The number of thioether (sulfide) groups is 1. The zero-order valence-electron chi connectivity index (χ0n) is 11.9. The van der Waals surface area contributed by atoms with Crippen LogP contribution in [-0.4, -0.2) is 59.5 Å². The number of pyridine rings is 1. The Morgan fingerprint density at radius 1 is 1.45 bits per heavy atom. The van der Waals surface area contributed by atoms with Crippen LogP contribution in [0.25, 0.3) is 11.0 Å². The van der Waals surface area contributed by atoms with Gasteiger partial charge in [0.25, 0.3) is 0 Å². The molecule has 0 saturated carbocycles. The highest BCUT2D eigenvalue weighted by molar-refractivity contribution is 8.00. The number of ether oxygens (including phenoxy) is 1. The molecule has 0 amide bonds. The highest BCUT2D eigenvalue weighted by atomic mass is 32.2. The number of hydrogen-bond acceptors (Lipinski definition) is 5. The molecule has 1 N–H and O–H groups in total. The van der Waals surface area contributed by atoms with Crippen molar-refractivity contribution in [1.82, 2.24) is 14.3 Å². The standard InChI is InChI=1S/C14H17N3O3S2/c18-22(19,13-8-16-14-10(13)2-1-4-15-14)17-5-7-21-12-9-20-6-3-11(12)17/h1-2,4,8,11-12H,3,5-7,9H2,(H,15,16)/t11-,12-/m0/s1. The lowest BCUT2D eigenvalue weighted by Crippen LogP contribution is -2.54. The first-order chi connectivity index (χ1) is 10.7. The third-order valence-corrected chi connectivity index (χ3v) is 7.54. The van der Waals surface area contributed by atoms with E-state index in [0.717, 1.165) is 12.2 Å². The van der Waals surface area contributed by atoms with Crippen LogP contribution in [0.15, 0.2) is 29.4 Å².